The highest BCUT2D eigenvalue weighted by atomic mass is 35.5. The van der Waals surface area contributed by atoms with Crippen LogP contribution in [0.5, 0.6) is 11.5 Å². The molecule has 0 saturated carbocycles. The molecule has 0 spiro atoms. The summed E-state index contributed by atoms with van der Waals surface area (Å²) < 4.78 is 11.1. The lowest BCUT2D eigenvalue weighted by Crippen LogP contribution is -2.50. The first kappa shape index (κ1) is 27.7. The molecular formula is C27H32ClN3O4S. The number of halogens is 1. The van der Waals surface area contributed by atoms with Gasteiger partial charge in [-0.3, -0.25) is 9.59 Å². The molecule has 2 aromatic rings. The van der Waals surface area contributed by atoms with Gasteiger partial charge in [-0.2, -0.15) is 5.26 Å². The molecule has 0 saturated heterocycles. The third-order valence-electron chi connectivity index (χ3n) is 5.81. The van der Waals surface area contributed by atoms with Crippen LogP contribution < -0.4 is 14.4 Å². The number of amides is 2. The molecule has 0 fully saturated rings. The van der Waals surface area contributed by atoms with Gasteiger partial charge in [0.15, 0.2) is 5.37 Å². The zero-order valence-corrected chi connectivity index (χ0v) is 23.1. The largest absolute Gasteiger partial charge is 0.497 e. The number of nitrogens with zero attached hydrogens (tertiary/aromatic N) is 3. The average Bonchev–Trinajstić information content (AvgIpc) is 2.93. The number of fused-ring (bicyclic) bond motifs is 1. The van der Waals surface area contributed by atoms with Crippen LogP contribution in [0.25, 0.3) is 0 Å². The van der Waals surface area contributed by atoms with Gasteiger partial charge in [-0.05, 0) is 35.2 Å². The van der Waals surface area contributed by atoms with Crippen molar-refractivity contribution in [1.82, 2.24) is 4.90 Å². The number of nitriles is 1. The zero-order chi connectivity index (χ0) is 26.6. The van der Waals surface area contributed by atoms with Crippen molar-refractivity contribution in [3.8, 4) is 17.6 Å². The number of rotatable bonds is 7. The van der Waals surface area contributed by atoms with Crippen LogP contribution in [0.1, 0.15) is 50.5 Å². The van der Waals surface area contributed by atoms with Crippen molar-refractivity contribution in [2.24, 2.45) is 5.41 Å². The first-order chi connectivity index (χ1) is 17.0. The lowest BCUT2D eigenvalue weighted by atomic mass is 9.94. The van der Waals surface area contributed by atoms with Gasteiger partial charge in [0, 0.05) is 42.4 Å². The molecule has 36 heavy (non-hydrogen) atoms. The Morgan fingerprint density at radius 1 is 1.17 bits per heavy atom. The van der Waals surface area contributed by atoms with Gasteiger partial charge in [0.25, 0.3) is 5.91 Å². The molecule has 0 N–H and O–H groups in total. The van der Waals surface area contributed by atoms with E-state index in [0.717, 1.165) is 16.8 Å². The Morgan fingerprint density at radius 2 is 1.89 bits per heavy atom. The first-order valence-corrected chi connectivity index (χ1v) is 12.9. The number of carbonyl (C=O) groups is 2. The van der Waals surface area contributed by atoms with Crippen molar-refractivity contribution >= 4 is 40.9 Å². The topological polar surface area (TPSA) is 82.9 Å². The van der Waals surface area contributed by atoms with Crippen LogP contribution in [-0.4, -0.2) is 49.4 Å². The Balaban J connectivity index is 2.29. The van der Waals surface area contributed by atoms with Crippen molar-refractivity contribution in [2.45, 2.75) is 44.7 Å². The van der Waals surface area contributed by atoms with E-state index in [2.05, 4.69) is 26.8 Å². The molecule has 1 aliphatic rings. The summed E-state index contributed by atoms with van der Waals surface area (Å²) in [6.07, 6.45) is 0.124. The van der Waals surface area contributed by atoms with Gasteiger partial charge >= 0.3 is 0 Å². The van der Waals surface area contributed by atoms with E-state index in [1.54, 1.807) is 31.3 Å². The van der Waals surface area contributed by atoms with E-state index >= 15 is 0 Å². The summed E-state index contributed by atoms with van der Waals surface area (Å²) in [7, 11) is 3.17. The average molecular weight is 530 g/mol. The van der Waals surface area contributed by atoms with Crippen LogP contribution in [0.4, 0.5) is 5.69 Å². The SMILES string of the molecule is COc1ccc(C2SC(N(CCC#N)C(C)=O)C(=O)N(CC(C)(C)C)c3ccc(Cl)cc32)c(OC)c1. The molecule has 7 nitrogen and oxygen atoms in total. The molecule has 3 rings (SSSR count). The number of anilines is 1. The lowest BCUT2D eigenvalue weighted by molar-refractivity contribution is -0.134. The Labute approximate surface area is 222 Å². The number of carbonyl (C=O) groups excluding carboxylic acids is 2. The van der Waals surface area contributed by atoms with E-state index in [0.29, 0.717) is 23.1 Å². The Kier molecular flexibility index (Phi) is 8.80. The van der Waals surface area contributed by atoms with Crippen molar-refractivity contribution < 1.29 is 19.1 Å². The third kappa shape index (κ3) is 6.08. The van der Waals surface area contributed by atoms with Crippen LogP contribution in [0, 0.1) is 16.7 Å². The van der Waals surface area contributed by atoms with Gasteiger partial charge in [0.1, 0.15) is 11.5 Å². The van der Waals surface area contributed by atoms with Crippen LogP contribution in [0.2, 0.25) is 5.02 Å². The molecule has 0 aliphatic carbocycles. The molecule has 9 heteroatoms. The molecule has 2 atom stereocenters. The monoisotopic (exact) mass is 529 g/mol. The Morgan fingerprint density at radius 3 is 2.47 bits per heavy atom. The van der Waals surface area contributed by atoms with Crippen molar-refractivity contribution in [2.75, 3.05) is 32.2 Å². The van der Waals surface area contributed by atoms with E-state index in [9.17, 15) is 14.9 Å². The number of hydrogen-bond donors (Lipinski definition) is 0. The summed E-state index contributed by atoms with van der Waals surface area (Å²) in [5.74, 6) is 0.763. The maximum absolute atomic E-state index is 14.2. The molecular weight excluding hydrogens is 498 g/mol. The minimum absolute atomic E-state index is 0.124. The minimum Gasteiger partial charge on any atom is -0.497 e. The summed E-state index contributed by atoms with van der Waals surface area (Å²) in [5.41, 5.74) is 2.19. The molecule has 0 radical (unpaired) electrons. The quantitative estimate of drug-likeness (QED) is 0.460. The summed E-state index contributed by atoms with van der Waals surface area (Å²) >= 11 is 7.82. The van der Waals surface area contributed by atoms with E-state index in [1.807, 2.05) is 24.3 Å². The second kappa shape index (κ2) is 11.4. The van der Waals surface area contributed by atoms with Gasteiger partial charge in [0.05, 0.1) is 32.0 Å². The summed E-state index contributed by atoms with van der Waals surface area (Å²) in [6, 6.07) is 13.2. The molecule has 1 aliphatic heterocycles. The molecule has 2 unspecified atom stereocenters. The summed E-state index contributed by atoms with van der Waals surface area (Å²) in [6.45, 7) is 8.20. The maximum Gasteiger partial charge on any atom is 0.260 e. The predicted molar refractivity (Wildman–Crippen MR) is 144 cm³/mol. The standard InChI is InChI=1S/C27H32ClN3O4S/c1-17(32)30(13-7-12-29)26-25(33)31(16-27(2,3)4)22-11-8-18(28)14-21(22)24(36-26)20-10-9-19(34-5)15-23(20)35-6/h8-11,14-15,24,26H,7,13,16H2,1-6H3. The smallest absolute Gasteiger partial charge is 0.260 e. The Hall–Kier alpha value is -2.89. The minimum atomic E-state index is -0.846. The number of methoxy groups -OCH3 is 2. The van der Waals surface area contributed by atoms with Gasteiger partial charge in [-0.15, -0.1) is 11.8 Å². The van der Waals surface area contributed by atoms with Crippen molar-refractivity contribution in [3.63, 3.8) is 0 Å². The Bertz CT molecular complexity index is 1170. The van der Waals surface area contributed by atoms with E-state index in [4.69, 9.17) is 21.1 Å². The van der Waals surface area contributed by atoms with Crippen LogP contribution in [0.3, 0.4) is 0 Å². The van der Waals surface area contributed by atoms with Gasteiger partial charge in [-0.25, -0.2) is 0 Å². The fourth-order valence-corrected chi connectivity index (χ4v) is 5.98. The first-order valence-electron chi connectivity index (χ1n) is 11.6. The lowest BCUT2D eigenvalue weighted by Gasteiger charge is -2.35. The zero-order valence-electron chi connectivity index (χ0n) is 21.5. The highest BCUT2D eigenvalue weighted by Gasteiger charge is 2.42. The molecule has 0 bridgehead atoms. The molecule has 0 aromatic heterocycles. The molecule has 2 aromatic carbocycles. The summed E-state index contributed by atoms with van der Waals surface area (Å²) in [5, 5.41) is 8.52. The summed E-state index contributed by atoms with van der Waals surface area (Å²) in [4.78, 5) is 30.1. The normalized spacial score (nSPS) is 17.6. The van der Waals surface area contributed by atoms with Gasteiger partial charge in [0.2, 0.25) is 5.91 Å². The molecule has 192 valence electrons. The number of hydrogen-bond acceptors (Lipinski definition) is 6. The highest BCUT2D eigenvalue weighted by molar-refractivity contribution is 8.01. The predicted octanol–water partition coefficient (Wildman–Crippen LogP) is 5.66. The van der Waals surface area contributed by atoms with Crippen LogP contribution in [0.15, 0.2) is 36.4 Å². The second-order valence-electron chi connectivity index (χ2n) is 9.79. The number of ether oxygens (including phenoxy) is 2. The fraction of sp³-hybridized carbons (Fsp3) is 0.444. The van der Waals surface area contributed by atoms with E-state index in [1.165, 1.54) is 23.6 Å². The fourth-order valence-electron chi connectivity index (χ4n) is 4.22. The van der Waals surface area contributed by atoms with Gasteiger partial charge < -0.3 is 19.3 Å². The van der Waals surface area contributed by atoms with Crippen molar-refractivity contribution in [3.05, 3.63) is 52.5 Å². The number of thioether (sulfide) groups is 1. The second-order valence-corrected chi connectivity index (χ2v) is 11.4. The number of benzene rings is 2. The van der Waals surface area contributed by atoms with Crippen LogP contribution in [-0.2, 0) is 9.59 Å². The molecule has 1 heterocycles. The van der Waals surface area contributed by atoms with Gasteiger partial charge in [-0.1, -0.05) is 38.4 Å². The van der Waals surface area contributed by atoms with E-state index < -0.39 is 5.37 Å². The van der Waals surface area contributed by atoms with E-state index in [-0.39, 0.29) is 35.4 Å². The third-order valence-corrected chi connectivity index (χ3v) is 7.54. The highest BCUT2D eigenvalue weighted by Crippen LogP contribution is 2.50. The van der Waals surface area contributed by atoms with Crippen LogP contribution >= 0.6 is 23.4 Å². The van der Waals surface area contributed by atoms with Crippen molar-refractivity contribution in [1.29, 1.82) is 5.26 Å². The molecule has 2 amide bonds. The maximum atomic E-state index is 14.2.